The highest BCUT2D eigenvalue weighted by molar-refractivity contribution is 6.30. The van der Waals surface area contributed by atoms with E-state index in [1.165, 1.54) is 0 Å². The molecule has 2 aromatic carbocycles. The fraction of sp³-hybridized carbons (Fsp3) is 0.333. The second kappa shape index (κ2) is 7.61. The summed E-state index contributed by atoms with van der Waals surface area (Å²) < 4.78 is 5.64. The van der Waals surface area contributed by atoms with Crippen molar-refractivity contribution in [2.45, 2.75) is 25.4 Å². The van der Waals surface area contributed by atoms with Gasteiger partial charge in [-0.3, -0.25) is 9.59 Å². The summed E-state index contributed by atoms with van der Waals surface area (Å²) in [4.78, 5) is 26.9. The number of ether oxygens (including phenoxy) is 1. The molecule has 0 saturated carbocycles. The molecule has 6 heteroatoms. The maximum Gasteiger partial charge on any atom is 0.225 e. The minimum Gasteiger partial charge on any atom is -0.493 e. The SMILES string of the molecule is O=C(NC1CCOc2ccc(Cl)cc21)C1CC(=O)N(Cc2ccccc2)C1. The Morgan fingerprint density at radius 1 is 1.22 bits per heavy atom. The fourth-order valence-corrected chi connectivity index (χ4v) is 3.89. The number of nitrogens with one attached hydrogen (secondary N) is 1. The number of hydrogen-bond donors (Lipinski definition) is 1. The van der Waals surface area contributed by atoms with Gasteiger partial charge in [0.15, 0.2) is 0 Å². The number of hydrogen-bond acceptors (Lipinski definition) is 3. The molecule has 0 bridgehead atoms. The van der Waals surface area contributed by atoms with Gasteiger partial charge in [-0.15, -0.1) is 0 Å². The zero-order chi connectivity index (χ0) is 18.8. The number of amides is 2. The van der Waals surface area contributed by atoms with Gasteiger partial charge in [0, 0.05) is 36.5 Å². The van der Waals surface area contributed by atoms with Crippen LogP contribution in [0.15, 0.2) is 48.5 Å². The summed E-state index contributed by atoms with van der Waals surface area (Å²) in [5.41, 5.74) is 1.97. The minimum atomic E-state index is -0.327. The van der Waals surface area contributed by atoms with Crippen molar-refractivity contribution in [3.63, 3.8) is 0 Å². The topological polar surface area (TPSA) is 58.6 Å². The molecule has 0 aromatic heterocycles. The largest absolute Gasteiger partial charge is 0.493 e. The van der Waals surface area contributed by atoms with E-state index in [1.54, 1.807) is 11.0 Å². The van der Waals surface area contributed by atoms with Crippen molar-refractivity contribution < 1.29 is 14.3 Å². The van der Waals surface area contributed by atoms with Gasteiger partial charge in [-0.2, -0.15) is 0 Å². The lowest BCUT2D eigenvalue weighted by molar-refractivity contribution is -0.129. The van der Waals surface area contributed by atoms with E-state index in [2.05, 4.69) is 5.32 Å². The number of fused-ring (bicyclic) bond motifs is 1. The molecular formula is C21H21ClN2O3. The molecule has 27 heavy (non-hydrogen) atoms. The number of carbonyl (C=O) groups is 2. The Morgan fingerprint density at radius 2 is 2.04 bits per heavy atom. The molecular weight excluding hydrogens is 364 g/mol. The van der Waals surface area contributed by atoms with E-state index in [0.717, 1.165) is 16.9 Å². The van der Waals surface area contributed by atoms with Crippen LogP contribution >= 0.6 is 11.6 Å². The normalized spacial score (nSPS) is 21.5. The molecule has 2 heterocycles. The molecule has 0 aliphatic carbocycles. The Balaban J connectivity index is 1.41. The summed E-state index contributed by atoms with van der Waals surface area (Å²) in [5.74, 6) is 0.363. The second-order valence-corrected chi connectivity index (χ2v) is 7.48. The number of benzene rings is 2. The van der Waals surface area contributed by atoms with Gasteiger partial charge in [0.2, 0.25) is 11.8 Å². The van der Waals surface area contributed by atoms with Gasteiger partial charge in [0.25, 0.3) is 0 Å². The van der Waals surface area contributed by atoms with Gasteiger partial charge < -0.3 is 15.0 Å². The predicted molar refractivity (Wildman–Crippen MR) is 102 cm³/mol. The summed E-state index contributed by atoms with van der Waals surface area (Å²) in [6.45, 7) is 1.54. The van der Waals surface area contributed by atoms with E-state index in [-0.39, 0.29) is 30.2 Å². The van der Waals surface area contributed by atoms with E-state index < -0.39 is 0 Å². The van der Waals surface area contributed by atoms with Crippen LogP contribution in [0.1, 0.15) is 30.0 Å². The van der Waals surface area contributed by atoms with Crippen molar-refractivity contribution >= 4 is 23.4 Å². The minimum absolute atomic E-state index is 0.0226. The number of carbonyl (C=O) groups excluding carboxylic acids is 2. The predicted octanol–water partition coefficient (Wildman–Crippen LogP) is 3.33. The van der Waals surface area contributed by atoms with Gasteiger partial charge >= 0.3 is 0 Å². The molecule has 2 unspecified atom stereocenters. The molecule has 2 aliphatic heterocycles. The lowest BCUT2D eigenvalue weighted by atomic mass is 9.99. The quantitative estimate of drug-likeness (QED) is 0.879. The molecule has 1 saturated heterocycles. The van der Waals surface area contributed by atoms with E-state index in [4.69, 9.17) is 16.3 Å². The van der Waals surface area contributed by atoms with E-state index in [1.807, 2.05) is 42.5 Å². The number of nitrogens with zero attached hydrogens (tertiary/aromatic N) is 1. The summed E-state index contributed by atoms with van der Waals surface area (Å²) in [5, 5.41) is 3.71. The van der Waals surface area contributed by atoms with E-state index >= 15 is 0 Å². The van der Waals surface area contributed by atoms with Crippen LogP contribution in [0.2, 0.25) is 5.02 Å². The van der Waals surface area contributed by atoms with Crippen LogP contribution in [0.3, 0.4) is 0 Å². The molecule has 2 atom stereocenters. The molecule has 2 amide bonds. The highest BCUT2D eigenvalue weighted by Gasteiger charge is 2.35. The number of rotatable bonds is 4. The highest BCUT2D eigenvalue weighted by atomic mass is 35.5. The van der Waals surface area contributed by atoms with Crippen LogP contribution in [0.4, 0.5) is 0 Å². The molecule has 140 valence electrons. The summed E-state index contributed by atoms with van der Waals surface area (Å²) in [6.07, 6.45) is 0.942. The van der Waals surface area contributed by atoms with Crippen molar-refractivity contribution in [1.29, 1.82) is 0 Å². The van der Waals surface area contributed by atoms with Crippen LogP contribution in [0.5, 0.6) is 5.75 Å². The third-order valence-electron chi connectivity index (χ3n) is 5.13. The second-order valence-electron chi connectivity index (χ2n) is 7.04. The Kier molecular flexibility index (Phi) is 5.03. The third kappa shape index (κ3) is 3.93. The zero-order valence-corrected chi connectivity index (χ0v) is 15.6. The summed E-state index contributed by atoms with van der Waals surface area (Å²) in [6, 6.07) is 15.1. The van der Waals surface area contributed by atoms with Crippen LogP contribution < -0.4 is 10.1 Å². The first-order valence-electron chi connectivity index (χ1n) is 9.14. The molecule has 4 rings (SSSR count). The molecule has 1 fully saturated rings. The van der Waals surface area contributed by atoms with E-state index in [0.29, 0.717) is 31.1 Å². The van der Waals surface area contributed by atoms with Crippen LogP contribution in [-0.2, 0) is 16.1 Å². The van der Waals surface area contributed by atoms with Gasteiger partial charge in [0.1, 0.15) is 5.75 Å². The molecule has 2 aliphatic rings. The maximum absolute atomic E-state index is 12.8. The molecule has 0 radical (unpaired) electrons. The maximum atomic E-state index is 12.8. The average molecular weight is 385 g/mol. The van der Waals surface area contributed by atoms with Crippen molar-refractivity contribution in [3.05, 3.63) is 64.7 Å². The van der Waals surface area contributed by atoms with Crippen molar-refractivity contribution in [2.24, 2.45) is 5.92 Å². The third-order valence-corrected chi connectivity index (χ3v) is 5.36. The number of halogens is 1. The van der Waals surface area contributed by atoms with Gasteiger partial charge in [0.05, 0.1) is 18.6 Å². The molecule has 5 nitrogen and oxygen atoms in total. The summed E-state index contributed by atoms with van der Waals surface area (Å²) >= 11 is 6.10. The van der Waals surface area contributed by atoms with Gasteiger partial charge in [-0.1, -0.05) is 41.9 Å². The first-order valence-corrected chi connectivity index (χ1v) is 9.52. The van der Waals surface area contributed by atoms with E-state index in [9.17, 15) is 9.59 Å². The Bertz CT molecular complexity index is 856. The average Bonchev–Trinajstić information content (AvgIpc) is 3.04. The smallest absolute Gasteiger partial charge is 0.225 e. The van der Waals surface area contributed by atoms with Crippen molar-refractivity contribution in [3.8, 4) is 5.75 Å². The monoisotopic (exact) mass is 384 g/mol. The summed E-state index contributed by atoms with van der Waals surface area (Å²) in [7, 11) is 0. The molecule has 1 N–H and O–H groups in total. The van der Waals surface area contributed by atoms with Crippen LogP contribution in [0.25, 0.3) is 0 Å². The lowest BCUT2D eigenvalue weighted by Crippen LogP contribution is -2.37. The Morgan fingerprint density at radius 3 is 2.85 bits per heavy atom. The Hall–Kier alpha value is -2.53. The Labute approximate surface area is 163 Å². The zero-order valence-electron chi connectivity index (χ0n) is 14.9. The molecule has 0 spiro atoms. The van der Waals surface area contributed by atoms with Crippen LogP contribution in [0, 0.1) is 5.92 Å². The number of likely N-dealkylation sites (tertiary alicyclic amines) is 1. The standard InChI is InChI=1S/C21H21ClN2O3/c22-16-6-7-19-17(11-16)18(8-9-27-19)23-21(26)15-10-20(25)24(13-15)12-14-4-2-1-3-5-14/h1-7,11,15,18H,8-10,12-13H2,(H,23,26). The molecule has 2 aromatic rings. The van der Waals surface area contributed by atoms with Crippen molar-refractivity contribution in [2.75, 3.05) is 13.2 Å². The first kappa shape index (κ1) is 17.9. The van der Waals surface area contributed by atoms with Crippen LogP contribution in [-0.4, -0.2) is 29.9 Å². The lowest BCUT2D eigenvalue weighted by Gasteiger charge is -2.27. The van der Waals surface area contributed by atoms with Crippen molar-refractivity contribution in [1.82, 2.24) is 10.2 Å². The first-order chi connectivity index (χ1) is 13.1. The highest BCUT2D eigenvalue weighted by Crippen LogP contribution is 2.34. The fourth-order valence-electron chi connectivity index (χ4n) is 3.71. The van der Waals surface area contributed by atoms with Gasteiger partial charge in [-0.25, -0.2) is 0 Å². The van der Waals surface area contributed by atoms with Gasteiger partial charge in [-0.05, 0) is 23.8 Å².